The molecule has 2 aromatic carbocycles. The van der Waals surface area contributed by atoms with Crippen LogP contribution in [-0.2, 0) is 22.4 Å². The number of rotatable bonds is 9. The van der Waals surface area contributed by atoms with Crippen LogP contribution in [0.2, 0.25) is 5.02 Å². The van der Waals surface area contributed by atoms with Gasteiger partial charge in [-0.15, -0.1) is 0 Å². The van der Waals surface area contributed by atoms with Crippen LogP contribution < -0.4 is 20.1 Å². The van der Waals surface area contributed by atoms with Gasteiger partial charge >= 0.3 is 0 Å². The number of hydrogen-bond donors (Lipinski definition) is 3. The zero-order chi connectivity index (χ0) is 28.2. The Morgan fingerprint density at radius 3 is 2.75 bits per heavy atom. The van der Waals surface area contributed by atoms with Crippen molar-refractivity contribution in [1.29, 1.82) is 0 Å². The monoisotopic (exact) mass is 586 g/mol. The molecule has 40 heavy (non-hydrogen) atoms. The third-order valence-electron chi connectivity index (χ3n) is 6.64. The van der Waals surface area contributed by atoms with Crippen LogP contribution in [0.25, 0.3) is 33.4 Å². The minimum atomic E-state index is -2.10. The SMILES string of the molecule is COc1cc(-c2cccc(CCCNS(=O)O)c2F)cc2c(N3CCOCC3)nc(-c3cnc(N)c(Cl)c3)nc12. The van der Waals surface area contributed by atoms with E-state index < -0.39 is 11.3 Å². The summed E-state index contributed by atoms with van der Waals surface area (Å²) in [5.74, 6) is 1.38. The van der Waals surface area contributed by atoms with Crippen LogP contribution in [0, 0.1) is 5.82 Å². The summed E-state index contributed by atoms with van der Waals surface area (Å²) < 4.78 is 49.2. The Hall–Kier alpha value is -3.42. The van der Waals surface area contributed by atoms with E-state index in [1.807, 2.05) is 6.07 Å². The smallest absolute Gasteiger partial charge is 0.231 e. The minimum Gasteiger partial charge on any atom is -0.494 e. The molecule has 4 aromatic rings. The number of fused-ring (bicyclic) bond motifs is 1. The first-order valence-electron chi connectivity index (χ1n) is 12.6. The second kappa shape index (κ2) is 12.4. The van der Waals surface area contributed by atoms with Gasteiger partial charge in [0.25, 0.3) is 0 Å². The Morgan fingerprint density at radius 2 is 2.02 bits per heavy atom. The van der Waals surface area contributed by atoms with E-state index in [0.29, 0.717) is 94.7 Å². The van der Waals surface area contributed by atoms with Crippen molar-refractivity contribution in [3.63, 3.8) is 0 Å². The number of aryl methyl sites for hydroxylation is 1. The molecular formula is C27H28ClFN6O4S. The molecule has 0 saturated carbocycles. The molecule has 1 saturated heterocycles. The highest BCUT2D eigenvalue weighted by Gasteiger charge is 2.22. The maximum absolute atomic E-state index is 15.7. The van der Waals surface area contributed by atoms with Gasteiger partial charge in [0.2, 0.25) is 11.3 Å². The number of pyridine rings is 1. The highest BCUT2D eigenvalue weighted by Crippen LogP contribution is 2.38. The van der Waals surface area contributed by atoms with Crippen LogP contribution in [0.3, 0.4) is 0 Å². The number of methoxy groups -OCH3 is 1. The zero-order valence-electron chi connectivity index (χ0n) is 21.7. The Balaban J connectivity index is 1.63. The lowest BCUT2D eigenvalue weighted by atomic mass is 9.98. The van der Waals surface area contributed by atoms with E-state index in [4.69, 9.17) is 41.3 Å². The fourth-order valence-electron chi connectivity index (χ4n) is 4.65. The first kappa shape index (κ1) is 28.1. The largest absolute Gasteiger partial charge is 0.494 e. The van der Waals surface area contributed by atoms with Gasteiger partial charge in [-0.3, -0.25) is 4.55 Å². The van der Waals surface area contributed by atoms with Gasteiger partial charge in [-0.2, -0.15) is 0 Å². The van der Waals surface area contributed by atoms with Crippen LogP contribution in [0.15, 0.2) is 42.6 Å². The van der Waals surface area contributed by atoms with E-state index in [2.05, 4.69) is 14.6 Å². The summed E-state index contributed by atoms with van der Waals surface area (Å²) >= 11 is 4.14. The average Bonchev–Trinajstić information content (AvgIpc) is 2.96. The molecule has 3 heterocycles. The van der Waals surface area contributed by atoms with Crippen molar-refractivity contribution < 1.29 is 22.6 Å². The van der Waals surface area contributed by atoms with E-state index in [0.717, 1.165) is 0 Å². The van der Waals surface area contributed by atoms with E-state index in [9.17, 15) is 4.21 Å². The van der Waals surface area contributed by atoms with Crippen LogP contribution >= 0.6 is 11.6 Å². The standard InChI is InChI=1S/C27H28ClFN6O4S/c1-38-22-14-17(19-6-2-4-16(23(19)29)5-3-7-32-40(36)37)12-20-24(22)33-26(18-13-21(28)25(30)31-15-18)34-27(20)35-8-10-39-11-9-35/h2,4,6,12-15,32H,3,5,7-11H2,1H3,(H2,30,31)(H,36,37). The lowest BCUT2D eigenvalue weighted by molar-refractivity contribution is 0.122. The van der Waals surface area contributed by atoms with Gasteiger partial charge in [-0.1, -0.05) is 29.8 Å². The van der Waals surface area contributed by atoms with Crippen molar-refractivity contribution >= 4 is 45.4 Å². The highest BCUT2D eigenvalue weighted by molar-refractivity contribution is 7.77. The van der Waals surface area contributed by atoms with Crippen LogP contribution in [0.1, 0.15) is 12.0 Å². The first-order chi connectivity index (χ1) is 19.4. The molecule has 210 valence electrons. The van der Waals surface area contributed by atoms with Crippen LogP contribution in [-0.4, -0.2) is 63.7 Å². The van der Waals surface area contributed by atoms with E-state index in [1.54, 1.807) is 43.6 Å². The van der Waals surface area contributed by atoms with Gasteiger partial charge in [0.1, 0.15) is 28.7 Å². The second-order valence-electron chi connectivity index (χ2n) is 9.16. The highest BCUT2D eigenvalue weighted by atomic mass is 35.5. The van der Waals surface area contributed by atoms with Crippen molar-refractivity contribution in [1.82, 2.24) is 19.7 Å². The molecule has 0 aliphatic carbocycles. The third kappa shape index (κ3) is 6.01. The number of morpholine rings is 1. The normalized spacial score (nSPS) is 14.4. The Labute approximate surface area is 238 Å². The van der Waals surface area contributed by atoms with Crippen molar-refractivity contribution in [2.24, 2.45) is 0 Å². The number of nitrogens with one attached hydrogen (secondary N) is 1. The predicted octanol–water partition coefficient (Wildman–Crippen LogP) is 4.24. The van der Waals surface area contributed by atoms with Gasteiger partial charge in [-0.25, -0.2) is 28.3 Å². The molecule has 1 fully saturated rings. The summed E-state index contributed by atoms with van der Waals surface area (Å²) in [7, 11) is 1.54. The van der Waals surface area contributed by atoms with Gasteiger partial charge < -0.3 is 20.1 Å². The predicted molar refractivity (Wildman–Crippen MR) is 154 cm³/mol. The summed E-state index contributed by atoms with van der Waals surface area (Å²) in [6, 6.07) is 10.5. The lowest BCUT2D eigenvalue weighted by Gasteiger charge is -2.29. The molecule has 5 rings (SSSR count). The summed E-state index contributed by atoms with van der Waals surface area (Å²) in [5, 5.41) is 1.00. The molecule has 0 bridgehead atoms. The van der Waals surface area contributed by atoms with Crippen molar-refractivity contribution in [3.05, 3.63) is 59.0 Å². The molecule has 1 aliphatic rings. The van der Waals surface area contributed by atoms with Crippen molar-refractivity contribution in [2.45, 2.75) is 12.8 Å². The molecular weight excluding hydrogens is 559 g/mol. The minimum absolute atomic E-state index is 0.214. The number of aromatic nitrogens is 3. The molecule has 0 amide bonds. The fourth-order valence-corrected chi connectivity index (χ4v) is 5.13. The Bertz CT molecular complexity index is 1570. The summed E-state index contributed by atoms with van der Waals surface area (Å²) in [6.45, 7) is 2.61. The Kier molecular flexibility index (Phi) is 8.72. The lowest BCUT2D eigenvalue weighted by Crippen LogP contribution is -2.37. The number of nitrogens with zero attached hydrogens (tertiary/aromatic N) is 4. The number of ether oxygens (including phenoxy) is 2. The van der Waals surface area contributed by atoms with E-state index in [-0.39, 0.29) is 18.2 Å². The molecule has 13 heteroatoms. The molecule has 2 aromatic heterocycles. The van der Waals surface area contributed by atoms with Crippen LogP contribution in [0.5, 0.6) is 5.75 Å². The van der Waals surface area contributed by atoms with E-state index in [1.165, 1.54) is 0 Å². The number of benzene rings is 2. The second-order valence-corrected chi connectivity index (χ2v) is 10.4. The maximum Gasteiger partial charge on any atom is 0.231 e. The number of anilines is 2. The number of halogens is 2. The maximum atomic E-state index is 15.7. The number of nitrogens with two attached hydrogens (primary N) is 1. The summed E-state index contributed by atoms with van der Waals surface area (Å²) in [4.78, 5) is 16.0. The topological polar surface area (TPSA) is 136 Å². The van der Waals surface area contributed by atoms with Gasteiger partial charge in [0, 0.05) is 42.3 Å². The zero-order valence-corrected chi connectivity index (χ0v) is 23.3. The molecule has 0 radical (unpaired) electrons. The van der Waals surface area contributed by atoms with E-state index >= 15 is 4.39 Å². The third-order valence-corrected chi connectivity index (χ3v) is 7.40. The quantitative estimate of drug-likeness (QED) is 0.194. The average molecular weight is 587 g/mol. The molecule has 1 aliphatic heterocycles. The molecule has 1 unspecified atom stereocenters. The van der Waals surface area contributed by atoms with Crippen LogP contribution in [0.4, 0.5) is 16.0 Å². The van der Waals surface area contributed by atoms with Gasteiger partial charge in [0.15, 0.2) is 5.82 Å². The molecule has 4 N–H and O–H groups in total. The van der Waals surface area contributed by atoms with Gasteiger partial charge in [0.05, 0.1) is 25.3 Å². The summed E-state index contributed by atoms with van der Waals surface area (Å²) in [5.41, 5.74) is 8.49. The number of hydrogen-bond acceptors (Lipinski definition) is 8. The Morgan fingerprint density at radius 1 is 1.23 bits per heavy atom. The van der Waals surface area contributed by atoms with Crippen molar-refractivity contribution in [3.8, 4) is 28.3 Å². The van der Waals surface area contributed by atoms with Gasteiger partial charge in [-0.05, 0) is 42.2 Å². The molecule has 10 nitrogen and oxygen atoms in total. The summed E-state index contributed by atoms with van der Waals surface area (Å²) in [6.07, 6.45) is 2.47. The molecule has 0 spiro atoms. The first-order valence-corrected chi connectivity index (χ1v) is 14.1. The number of nitrogen functional groups attached to an aromatic ring is 1. The fraction of sp³-hybridized carbons (Fsp3) is 0.296. The van der Waals surface area contributed by atoms with Crippen molar-refractivity contribution in [2.75, 3.05) is 50.6 Å². The molecule has 1 atom stereocenters.